The number of amides is 1. The standard InChI is InChI=1S/C11H10Cl2N2O/c1-2-7(6-14)11(16)15-10-4-8(12)3-9(13)5-10/h3-5,7H,2H2,1H3,(H,15,16). The number of rotatable bonds is 3. The van der Waals surface area contributed by atoms with Crippen molar-refractivity contribution in [1.29, 1.82) is 5.26 Å². The van der Waals surface area contributed by atoms with Crippen LogP contribution < -0.4 is 5.32 Å². The van der Waals surface area contributed by atoms with Crippen molar-refractivity contribution in [3.8, 4) is 6.07 Å². The average Bonchev–Trinajstić information content (AvgIpc) is 2.17. The first-order valence-electron chi connectivity index (χ1n) is 4.73. The molecule has 0 aliphatic heterocycles. The second-order valence-corrected chi connectivity index (χ2v) is 4.11. The number of hydrogen-bond acceptors (Lipinski definition) is 2. The number of halogens is 2. The van der Waals surface area contributed by atoms with Gasteiger partial charge in [-0.05, 0) is 24.6 Å². The van der Waals surface area contributed by atoms with Gasteiger partial charge in [0.05, 0.1) is 6.07 Å². The first-order chi connectivity index (χ1) is 7.56. The first-order valence-corrected chi connectivity index (χ1v) is 5.49. The third-order valence-corrected chi connectivity index (χ3v) is 2.45. The molecule has 0 radical (unpaired) electrons. The minimum Gasteiger partial charge on any atom is -0.325 e. The van der Waals surface area contributed by atoms with Crippen molar-refractivity contribution in [2.45, 2.75) is 13.3 Å². The summed E-state index contributed by atoms with van der Waals surface area (Å²) in [5.74, 6) is -0.999. The van der Waals surface area contributed by atoms with Crippen molar-refractivity contribution < 1.29 is 4.79 Å². The van der Waals surface area contributed by atoms with E-state index < -0.39 is 5.92 Å². The predicted octanol–water partition coefficient (Wildman–Crippen LogP) is 3.48. The van der Waals surface area contributed by atoms with Gasteiger partial charge in [-0.2, -0.15) is 5.26 Å². The lowest BCUT2D eigenvalue weighted by molar-refractivity contribution is -0.118. The fraction of sp³-hybridized carbons (Fsp3) is 0.273. The zero-order chi connectivity index (χ0) is 12.1. The fourth-order valence-electron chi connectivity index (χ4n) is 1.19. The third-order valence-electron chi connectivity index (χ3n) is 2.01. The Kier molecular flexibility index (Phi) is 4.60. The Bertz CT molecular complexity index is 420. The molecule has 84 valence electrons. The summed E-state index contributed by atoms with van der Waals surface area (Å²) in [7, 11) is 0. The molecule has 0 heterocycles. The Morgan fingerprint density at radius 2 is 2.00 bits per heavy atom. The van der Waals surface area contributed by atoms with Gasteiger partial charge in [0.15, 0.2) is 0 Å². The summed E-state index contributed by atoms with van der Waals surface area (Å²) in [4.78, 5) is 11.6. The van der Waals surface area contributed by atoms with Crippen molar-refractivity contribution in [3.05, 3.63) is 28.2 Å². The summed E-state index contributed by atoms with van der Waals surface area (Å²) in [6, 6.07) is 6.65. The lowest BCUT2D eigenvalue weighted by Crippen LogP contribution is -2.20. The number of carbonyl (C=O) groups excluding carboxylic acids is 1. The Morgan fingerprint density at radius 3 is 2.44 bits per heavy atom. The topological polar surface area (TPSA) is 52.9 Å². The Hall–Kier alpha value is -1.24. The summed E-state index contributed by atoms with van der Waals surface area (Å²) >= 11 is 11.6. The molecule has 1 aromatic rings. The molecule has 0 aromatic heterocycles. The summed E-state index contributed by atoms with van der Waals surface area (Å²) in [5.41, 5.74) is 0.496. The highest BCUT2D eigenvalue weighted by molar-refractivity contribution is 6.35. The van der Waals surface area contributed by atoms with Crippen LogP contribution in [0.25, 0.3) is 0 Å². The molecule has 1 unspecified atom stereocenters. The highest BCUT2D eigenvalue weighted by Gasteiger charge is 2.15. The van der Waals surface area contributed by atoms with E-state index in [2.05, 4.69) is 5.32 Å². The molecule has 1 rings (SSSR count). The van der Waals surface area contributed by atoms with E-state index in [9.17, 15) is 4.79 Å². The molecule has 0 aliphatic rings. The van der Waals surface area contributed by atoms with E-state index in [1.165, 1.54) is 0 Å². The maximum absolute atomic E-state index is 11.6. The molecule has 1 N–H and O–H groups in total. The molecular weight excluding hydrogens is 247 g/mol. The van der Waals surface area contributed by atoms with Gasteiger partial charge in [0.2, 0.25) is 5.91 Å². The minimum atomic E-state index is -0.655. The molecule has 1 amide bonds. The largest absolute Gasteiger partial charge is 0.325 e. The van der Waals surface area contributed by atoms with Crippen LogP contribution in [-0.4, -0.2) is 5.91 Å². The number of nitriles is 1. The minimum absolute atomic E-state index is 0.344. The maximum Gasteiger partial charge on any atom is 0.241 e. The lowest BCUT2D eigenvalue weighted by Gasteiger charge is -2.08. The molecule has 0 saturated carbocycles. The van der Waals surface area contributed by atoms with Crippen LogP contribution in [0.4, 0.5) is 5.69 Å². The van der Waals surface area contributed by atoms with Gasteiger partial charge in [0, 0.05) is 15.7 Å². The summed E-state index contributed by atoms with van der Waals surface area (Å²) in [5, 5.41) is 12.2. The Morgan fingerprint density at radius 1 is 1.44 bits per heavy atom. The molecule has 0 spiro atoms. The highest BCUT2D eigenvalue weighted by Crippen LogP contribution is 2.22. The van der Waals surface area contributed by atoms with E-state index in [4.69, 9.17) is 28.5 Å². The number of nitrogens with zero attached hydrogens (tertiary/aromatic N) is 1. The molecule has 0 aliphatic carbocycles. The van der Waals surface area contributed by atoms with Gasteiger partial charge in [-0.15, -0.1) is 0 Å². The lowest BCUT2D eigenvalue weighted by atomic mass is 10.1. The Labute approximate surface area is 104 Å². The summed E-state index contributed by atoms with van der Waals surface area (Å²) < 4.78 is 0. The average molecular weight is 257 g/mol. The smallest absolute Gasteiger partial charge is 0.241 e. The molecular formula is C11H10Cl2N2O. The van der Waals surface area contributed by atoms with Crippen LogP contribution in [-0.2, 0) is 4.79 Å². The highest BCUT2D eigenvalue weighted by atomic mass is 35.5. The second kappa shape index (κ2) is 5.74. The van der Waals surface area contributed by atoms with Gasteiger partial charge in [0.25, 0.3) is 0 Å². The zero-order valence-electron chi connectivity index (χ0n) is 8.63. The number of hydrogen-bond donors (Lipinski definition) is 1. The van der Waals surface area contributed by atoms with Crippen molar-refractivity contribution >= 4 is 34.8 Å². The molecule has 5 heteroatoms. The monoisotopic (exact) mass is 256 g/mol. The van der Waals surface area contributed by atoms with Gasteiger partial charge < -0.3 is 5.32 Å². The van der Waals surface area contributed by atoms with Crippen LogP contribution in [0.1, 0.15) is 13.3 Å². The van der Waals surface area contributed by atoms with E-state index in [1.54, 1.807) is 25.1 Å². The number of anilines is 1. The van der Waals surface area contributed by atoms with Gasteiger partial charge in [0.1, 0.15) is 5.92 Å². The zero-order valence-corrected chi connectivity index (χ0v) is 10.1. The summed E-state index contributed by atoms with van der Waals surface area (Å²) in [6.45, 7) is 1.78. The SMILES string of the molecule is CCC(C#N)C(=O)Nc1cc(Cl)cc(Cl)c1. The van der Waals surface area contributed by atoms with Crippen molar-refractivity contribution in [2.24, 2.45) is 5.92 Å². The second-order valence-electron chi connectivity index (χ2n) is 3.24. The van der Waals surface area contributed by atoms with E-state index in [1.807, 2.05) is 6.07 Å². The summed E-state index contributed by atoms with van der Waals surface area (Å²) in [6.07, 6.45) is 0.469. The quantitative estimate of drug-likeness (QED) is 0.901. The van der Waals surface area contributed by atoms with E-state index >= 15 is 0 Å². The number of carbonyl (C=O) groups is 1. The van der Waals surface area contributed by atoms with Crippen molar-refractivity contribution in [3.63, 3.8) is 0 Å². The number of nitrogens with one attached hydrogen (secondary N) is 1. The number of benzene rings is 1. The van der Waals surface area contributed by atoms with Crippen LogP contribution in [0.2, 0.25) is 10.0 Å². The van der Waals surface area contributed by atoms with Crippen LogP contribution in [0.3, 0.4) is 0 Å². The van der Waals surface area contributed by atoms with Crippen LogP contribution >= 0.6 is 23.2 Å². The van der Waals surface area contributed by atoms with Gasteiger partial charge >= 0.3 is 0 Å². The van der Waals surface area contributed by atoms with Crippen molar-refractivity contribution in [1.82, 2.24) is 0 Å². The van der Waals surface area contributed by atoms with E-state index in [-0.39, 0.29) is 5.91 Å². The van der Waals surface area contributed by atoms with Crippen LogP contribution in [0.5, 0.6) is 0 Å². The fourth-order valence-corrected chi connectivity index (χ4v) is 1.72. The van der Waals surface area contributed by atoms with Crippen LogP contribution in [0.15, 0.2) is 18.2 Å². The van der Waals surface area contributed by atoms with Gasteiger partial charge in [-0.1, -0.05) is 30.1 Å². The van der Waals surface area contributed by atoms with E-state index in [0.29, 0.717) is 22.2 Å². The molecule has 16 heavy (non-hydrogen) atoms. The maximum atomic E-state index is 11.6. The molecule has 1 atom stereocenters. The predicted molar refractivity (Wildman–Crippen MR) is 64.5 cm³/mol. The first kappa shape index (κ1) is 12.8. The normalized spacial score (nSPS) is 11.6. The molecule has 1 aromatic carbocycles. The molecule has 0 fully saturated rings. The molecule has 0 bridgehead atoms. The molecule has 3 nitrogen and oxygen atoms in total. The van der Waals surface area contributed by atoms with Gasteiger partial charge in [-0.25, -0.2) is 0 Å². The van der Waals surface area contributed by atoms with Crippen LogP contribution in [0, 0.1) is 17.2 Å². The Balaban J connectivity index is 2.81. The van der Waals surface area contributed by atoms with E-state index in [0.717, 1.165) is 0 Å². The van der Waals surface area contributed by atoms with Gasteiger partial charge in [-0.3, -0.25) is 4.79 Å². The molecule has 0 saturated heterocycles. The third kappa shape index (κ3) is 3.41. The van der Waals surface area contributed by atoms with Crippen molar-refractivity contribution in [2.75, 3.05) is 5.32 Å².